The lowest BCUT2D eigenvalue weighted by atomic mass is 9.81. The molecule has 1 aliphatic carbocycles. The number of nitrogens with one attached hydrogen (secondary N) is 3. The molecule has 2 aliphatic rings. The van der Waals surface area contributed by atoms with Crippen molar-refractivity contribution in [1.29, 1.82) is 0 Å². The van der Waals surface area contributed by atoms with Crippen LogP contribution in [-0.4, -0.2) is 46.9 Å². The first-order valence-electron chi connectivity index (χ1n) is 14.3. The number of carbonyl (C=O) groups is 2. The number of aromatic nitrogens is 2. The number of pyridine rings is 1. The topological polar surface area (TPSA) is 105 Å². The Morgan fingerprint density at radius 1 is 1.15 bits per heavy atom. The molecule has 2 fully saturated rings. The summed E-state index contributed by atoms with van der Waals surface area (Å²) in [7, 11) is 0. The first-order chi connectivity index (χ1) is 19.3. The van der Waals surface area contributed by atoms with Crippen LogP contribution >= 0.6 is 11.8 Å². The minimum atomic E-state index is -0.172. The molecule has 1 saturated heterocycles. The SMILES string of the molecule is CSc1cc(C)[nH]c(=O)c1CNC(=O)c1c(C)n([C@H](C)C2CCC(NC(=O)[C@@H]3CCOC3)CC2)c2ccccc12. The second-order valence-corrected chi connectivity index (χ2v) is 12.1. The van der Waals surface area contributed by atoms with Crippen molar-refractivity contribution in [3.8, 4) is 0 Å². The number of aromatic amines is 1. The molecular formula is C31H40N4O4S. The van der Waals surface area contributed by atoms with E-state index in [2.05, 4.69) is 33.2 Å². The minimum absolute atomic E-state index is 0.00760. The summed E-state index contributed by atoms with van der Waals surface area (Å²) in [6.07, 6.45) is 6.72. The maximum Gasteiger partial charge on any atom is 0.254 e. The first kappa shape index (κ1) is 28.5. The standard InChI is InChI=1S/C31H40N4O4S/c1-18-15-27(40-4)25(30(37)33-18)16-32-31(38)28-20(3)35(26-8-6-5-7-24(26)28)19(2)21-9-11-23(12-10-21)34-29(36)22-13-14-39-17-22/h5-8,15,19,21-23H,9-14,16-17H2,1-4H3,(H,32,38)(H,33,37)(H,34,36)/t19-,21?,22-,23?/m1/s1. The Labute approximate surface area is 239 Å². The molecule has 8 nitrogen and oxygen atoms in total. The molecule has 214 valence electrons. The van der Waals surface area contributed by atoms with Gasteiger partial charge in [-0.25, -0.2) is 0 Å². The van der Waals surface area contributed by atoms with E-state index in [-0.39, 0.29) is 41.9 Å². The van der Waals surface area contributed by atoms with Crippen molar-refractivity contribution in [3.05, 3.63) is 63.2 Å². The van der Waals surface area contributed by atoms with E-state index in [1.54, 1.807) is 0 Å². The largest absolute Gasteiger partial charge is 0.381 e. The first-order valence-corrected chi connectivity index (χ1v) is 15.5. The van der Waals surface area contributed by atoms with Gasteiger partial charge in [0, 0.05) is 58.0 Å². The Kier molecular flexibility index (Phi) is 8.71. The summed E-state index contributed by atoms with van der Waals surface area (Å²) in [6, 6.07) is 10.4. The van der Waals surface area contributed by atoms with E-state index in [0.717, 1.165) is 59.3 Å². The summed E-state index contributed by atoms with van der Waals surface area (Å²) < 4.78 is 7.69. The zero-order valence-corrected chi connectivity index (χ0v) is 24.7. The fraction of sp³-hybridized carbons (Fsp3) is 0.516. The van der Waals surface area contributed by atoms with Crippen LogP contribution in [0.5, 0.6) is 0 Å². The van der Waals surface area contributed by atoms with Gasteiger partial charge in [-0.15, -0.1) is 11.8 Å². The van der Waals surface area contributed by atoms with Gasteiger partial charge in [-0.05, 0) is 77.2 Å². The summed E-state index contributed by atoms with van der Waals surface area (Å²) in [5.74, 6) is 0.401. The Hall–Kier alpha value is -3.04. The summed E-state index contributed by atoms with van der Waals surface area (Å²) in [6.45, 7) is 7.51. The van der Waals surface area contributed by atoms with E-state index in [4.69, 9.17) is 4.74 Å². The highest BCUT2D eigenvalue weighted by atomic mass is 32.2. The highest BCUT2D eigenvalue weighted by molar-refractivity contribution is 7.98. The number of aryl methyl sites for hydroxylation is 1. The van der Waals surface area contributed by atoms with Crippen molar-refractivity contribution in [2.24, 2.45) is 11.8 Å². The maximum atomic E-state index is 13.6. The number of thioether (sulfide) groups is 1. The number of nitrogens with zero attached hydrogens (tertiary/aromatic N) is 1. The molecule has 1 aliphatic heterocycles. The lowest BCUT2D eigenvalue weighted by Gasteiger charge is -2.34. The Bertz CT molecular complexity index is 1450. The third-order valence-electron chi connectivity index (χ3n) is 8.77. The lowest BCUT2D eigenvalue weighted by Crippen LogP contribution is -2.41. The Morgan fingerprint density at radius 3 is 2.60 bits per heavy atom. The normalized spacial score (nSPS) is 21.9. The second-order valence-electron chi connectivity index (χ2n) is 11.3. The fourth-order valence-electron chi connectivity index (χ4n) is 6.51. The number of ether oxygens (including phenoxy) is 1. The molecule has 0 spiro atoms. The van der Waals surface area contributed by atoms with Crippen LogP contribution in [0.3, 0.4) is 0 Å². The van der Waals surface area contributed by atoms with E-state index in [1.807, 2.05) is 44.4 Å². The van der Waals surface area contributed by atoms with Crippen molar-refractivity contribution in [1.82, 2.24) is 20.2 Å². The van der Waals surface area contributed by atoms with Crippen LogP contribution < -0.4 is 16.2 Å². The molecule has 40 heavy (non-hydrogen) atoms. The predicted octanol–water partition coefficient (Wildman–Crippen LogP) is 4.87. The molecule has 5 rings (SSSR count). The van der Waals surface area contributed by atoms with Gasteiger partial charge < -0.3 is 24.9 Å². The highest BCUT2D eigenvalue weighted by Crippen LogP contribution is 2.38. The molecular weight excluding hydrogens is 524 g/mol. The van der Waals surface area contributed by atoms with E-state index >= 15 is 0 Å². The molecule has 0 unspecified atom stereocenters. The van der Waals surface area contributed by atoms with Crippen LogP contribution in [0, 0.1) is 25.7 Å². The number of hydrogen-bond acceptors (Lipinski definition) is 5. The molecule has 2 aromatic heterocycles. The highest BCUT2D eigenvalue weighted by Gasteiger charge is 2.32. The average molecular weight is 565 g/mol. The third-order valence-corrected chi connectivity index (χ3v) is 9.57. The molecule has 1 aromatic carbocycles. The molecule has 2 amide bonds. The molecule has 3 aromatic rings. The van der Waals surface area contributed by atoms with Gasteiger partial charge in [0.15, 0.2) is 0 Å². The number of fused-ring (bicyclic) bond motifs is 1. The Balaban J connectivity index is 1.31. The number of rotatable bonds is 8. The smallest absolute Gasteiger partial charge is 0.254 e. The van der Waals surface area contributed by atoms with Crippen molar-refractivity contribution >= 4 is 34.5 Å². The van der Waals surface area contributed by atoms with Gasteiger partial charge in [-0.3, -0.25) is 14.4 Å². The molecule has 9 heteroatoms. The summed E-state index contributed by atoms with van der Waals surface area (Å²) in [5, 5.41) is 7.21. The monoisotopic (exact) mass is 564 g/mol. The van der Waals surface area contributed by atoms with Gasteiger partial charge in [0.25, 0.3) is 11.5 Å². The molecule has 2 atom stereocenters. The van der Waals surface area contributed by atoms with Crippen LogP contribution in [0.2, 0.25) is 0 Å². The van der Waals surface area contributed by atoms with Gasteiger partial charge in [0.2, 0.25) is 5.91 Å². The van der Waals surface area contributed by atoms with Crippen molar-refractivity contribution in [2.45, 2.75) is 76.4 Å². The number of para-hydroxylation sites is 1. The Morgan fingerprint density at radius 2 is 1.90 bits per heavy atom. The third kappa shape index (κ3) is 5.72. The molecule has 0 bridgehead atoms. The predicted molar refractivity (Wildman–Crippen MR) is 159 cm³/mol. The van der Waals surface area contributed by atoms with E-state index < -0.39 is 0 Å². The van der Waals surface area contributed by atoms with Gasteiger partial charge >= 0.3 is 0 Å². The van der Waals surface area contributed by atoms with Crippen LogP contribution in [0.1, 0.15) is 72.4 Å². The number of H-pyrrole nitrogens is 1. The average Bonchev–Trinajstić information content (AvgIpc) is 3.58. The number of benzene rings is 1. The molecule has 1 saturated carbocycles. The van der Waals surface area contributed by atoms with Crippen LogP contribution in [0.25, 0.3) is 10.9 Å². The van der Waals surface area contributed by atoms with Gasteiger partial charge in [-0.2, -0.15) is 0 Å². The number of hydrogen-bond donors (Lipinski definition) is 3. The van der Waals surface area contributed by atoms with Crippen molar-refractivity contribution in [2.75, 3.05) is 19.5 Å². The maximum absolute atomic E-state index is 13.6. The molecule has 3 heterocycles. The van der Waals surface area contributed by atoms with Crippen molar-refractivity contribution < 1.29 is 14.3 Å². The van der Waals surface area contributed by atoms with Gasteiger partial charge in [-0.1, -0.05) is 18.2 Å². The molecule has 3 N–H and O–H groups in total. The zero-order valence-electron chi connectivity index (χ0n) is 23.8. The summed E-state index contributed by atoms with van der Waals surface area (Å²) in [5.41, 5.74) is 3.86. The van der Waals surface area contributed by atoms with Crippen LogP contribution in [-0.2, 0) is 16.1 Å². The quantitative estimate of drug-likeness (QED) is 0.339. The van der Waals surface area contributed by atoms with Crippen molar-refractivity contribution in [3.63, 3.8) is 0 Å². The van der Waals surface area contributed by atoms with Gasteiger partial charge in [0.1, 0.15) is 0 Å². The van der Waals surface area contributed by atoms with E-state index in [1.165, 1.54) is 11.8 Å². The summed E-state index contributed by atoms with van der Waals surface area (Å²) in [4.78, 5) is 42.5. The van der Waals surface area contributed by atoms with Crippen LogP contribution in [0.4, 0.5) is 0 Å². The number of amides is 2. The van der Waals surface area contributed by atoms with Gasteiger partial charge in [0.05, 0.1) is 18.1 Å². The van der Waals surface area contributed by atoms with Crippen LogP contribution in [0.15, 0.2) is 40.0 Å². The fourth-order valence-corrected chi connectivity index (χ4v) is 7.22. The van der Waals surface area contributed by atoms with E-state index in [9.17, 15) is 14.4 Å². The van der Waals surface area contributed by atoms with E-state index in [0.29, 0.717) is 30.3 Å². The minimum Gasteiger partial charge on any atom is -0.381 e. The lowest BCUT2D eigenvalue weighted by molar-refractivity contribution is -0.126. The number of carbonyl (C=O) groups excluding carboxylic acids is 2. The molecule has 0 radical (unpaired) electrons. The summed E-state index contributed by atoms with van der Waals surface area (Å²) >= 11 is 1.51. The second kappa shape index (κ2) is 12.2. The zero-order chi connectivity index (χ0) is 28.4.